The van der Waals surface area contributed by atoms with E-state index in [0.717, 1.165) is 18.4 Å². The molecule has 1 aromatic rings. The molecule has 3 amide bonds. The quantitative estimate of drug-likeness (QED) is 0.550. The molecule has 0 saturated carbocycles. The molecule has 1 fully saturated rings. The van der Waals surface area contributed by atoms with E-state index in [1.54, 1.807) is 7.05 Å². The van der Waals surface area contributed by atoms with E-state index in [1.807, 2.05) is 63.3 Å². The second-order valence-electron chi connectivity index (χ2n) is 10.1. The third-order valence-electron chi connectivity index (χ3n) is 6.68. The molecule has 0 radical (unpaired) electrons. The van der Waals surface area contributed by atoms with Crippen molar-refractivity contribution in [1.29, 1.82) is 0 Å². The van der Waals surface area contributed by atoms with Crippen LogP contribution in [-0.4, -0.2) is 53.0 Å². The van der Waals surface area contributed by atoms with E-state index in [-0.39, 0.29) is 30.2 Å². The number of amides is 3. The Kier molecular flexibility index (Phi) is 7.62. The van der Waals surface area contributed by atoms with Crippen LogP contribution in [-0.2, 0) is 14.4 Å². The summed E-state index contributed by atoms with van der Waals surface area (Å²) in [6.45, 7) is 7.42. The maximum Gasteiger partial charge on any atom is 0.243 e. The standard InChI is InChI=1S/C26H37N3O4/c1-6-10-17-13-14-18-21(20(17)23(31)27-5)25(33)29(22(18)24(32)28-26(2,3)4)19(15-30)16-11-8-7-9-12-16/h7-9,11-14,17-22,30H,6,10,15H2,1-5H3,(H,27,31)(H,28,32)/t17-,18+,19-,20-,21-,22+/m1/s1. The lowest BCUT2D eigenvalue weighted by molar-refractivity contribution is -0.143. The summed E-state index contributed by atoms with van der Waals surface area (Å²) in [6.07, 6.45) is 5.63. The van der Waals surface area contributed by atoms with E-state index in [9.17, 15) is 19.5 Å². The van der Waals surface area contributed by atoms with Crippen molar-refractivity contribution in [3.63, 3.8) is 0 Å². The van der Waals surface area contributed by atoms with Gasteiger partial charge in [0.05, 0.1) is 24.5 Å². The maximum absolute atomic E-state index is 14.0. The number of fused-ring (bicyclic) bond motifs is 1. The zero-order chi connectivity index (χ0) is 24.3. The Morgan fingerprint density at radius 1 is 1.12 bits per heavy atom. The van der Waals surface area contributed by atoms with Gasteiger partial charge in [-0.3, -0.25) is 14.4 Å². The van der Waals surface area contributed by atoms with Gasteiger partial charge in [-0.1, -0.05) is 55.8 Å². The van der Waals surface area contributed by atoms with E-state index in [4.69, 9.17) is 0 Å². The molecular formula is C26H37N3O4. The lowest BCUT2D eigenvalue weighted by Gasteiger charge is -2.35. The minimum absolute atomic E-state index is 0.0734. The van der Waals surface area contributed by atoms with Gasteiger partial charge in [0.15, 0.2) is 0 Å². The number of hydrogen-bond donors (Lipinski definition) is 3. The molecule has 0 unspecified atom stereocenters. The third kappa shape index (κ3) is 4.98. The summed E-state index contributed by atoms with van der Waals surface area (Å²) in [5.41, 5.74) is 0.264. The van der Waals surface area contributed by atoms with Crippen LogP contribution in [0.5, 0.6) is 0 Å². The molecule has 6 atom stereocenters. The Hall–Kier alpha value is -2.67. The minimum atomic E-state index is -0.815. The van der Waals surface area contributed by atoms with Gasteiger partial charge >= 0.3 is 0 Å². The molecule has 33 heavy (non-hydrogen) atoms. The predicted octanol–water partition coefficient (Wildman–Crippen LogP) is 2.43. The molecule has 7 nitrogen and oxygen atoms in total. The molecule has 3 rings (SSSR count). The largest absolute Gasteiger partial charge is 0.394 e. The summed E-state index contributed by atoms with van der Waals surface area (Å²) in [7, 11) is 1.58. The van der Waals surface area contributed by atoms with Crippen LogP contribution in [0.15, 0.2) is 42.5 Å². The number of carbonyl (C=O) groups excluding carboxylic acids is 3. The van der Waals surface area contributed by atoms with Crippen molar-refractivity contribution in [2.75, 3.05) is 13.7 Å². The van der Waals surface area contributed by atoms with Gasteiger partial charge in [0.25, 0.3) is 0 Å². The van der Waals surface area contributed by atoms with Gasteiger partial charge < -0.3 is 20.6 Å². The fraction of sp³-hybridized carbons (Fsp3) is 0.577. The van der Waals surface area contributed by atoms with Gasteiger partial charge in [0.1, 0.15) is 6.04 Å². The van der Waals surface area contributed by atoms with Gasteiger partial charge in [0, 0.05) is 18.5 Å². The van der Waals surface area contributed by atoms with E-state index >= 15 is 0 Å². The lowest BCUT2D eigenvalue weighted by Crippen LogP contribution is -2.53. The van der Waals surface area contributed by atoms with Gasteiger partial charge in [-0.05, 0) is 38.7 Å². The van der Waals surface area contributed by atoms with Gasteiger partial charge in [-0.2, -0.15) is 0 Å². The normalized spacial score (nSPS) is 27.8. The summed E-state index contributed by atoms with van der Waals surface area (Å²) >= 11 is 0. The zero-order valence-electron chi connectivity index (χ0n) is 20.2. The Morgan fingerprint density at radius 3 is 2.33 bits per heavy atom. The first kappa shape index (κ1) is 25.0. The van der Waals surface area contributed by atoms with Crippen LogP contribution in [0.3, 0.4) is 0 Å². The highest BCUT2D eigenvalue weighted by Gasteiger charge is 2.58. The molecule has 2 aliphatic rings. The van der Waals surface area contributed by atoms with Crippen LogP contribution >= 0.6 is 0 Å². The highest BCUT2D eigenvalue weighted by atomic mass is 16.3. The summed E-state index contributed by atoms with van der Waals surface area (Å²) in [5.74, 6) is -2.44. The molecule has 3 N–H and O–H groups in total. The summed E-state index contributed by atoms with van der Waals surface area (Å²) in [5, 5.41) is 16.1. The summed E-state index contributed by atoms with van der Waals surface area (Å²) < 4.78 is 0. The molecular weight excluding hydrogens is 418 g/mol. The fourth-order valence-electron chi connectivity index (χ4n) is 5.39. The van der Waals surface area contributed by atoms with Crippen molar-refractivity contribution in [1.82, 2.24) is 15.5 Å². The number of likely N-dealkylation sites (tertiary alicyclic amines) is 1. The monoisotopic (exact) mass is 455 g/mol. The topological polar surface area (TPSA) is 98.7 Å². The first-order valence-corrected chi connectivity index (χ1v) is 11.8. The van der Waals surface area contributed by atoms with Crippen LogP contribution in [0, 0.1) is 23.7 Å². The van der Waals surface area contributed by atoms with Crippen molar-refractivity contribution < 1.29 is 19.5 Å². The van der Waals surface area contributed by atoms with E-state index in [1.165, 1.54) is 4.90 Å². The second-order valence-corrected chi connectivity index (χ2v) is 10.1. The average Bonchev–Trinajstić information content (AvgIpc) is 3.06. The van der Waals surface area contributed by atoms with Crippen LogP contribution in [0.4, 0.5) is 0 Å². The van der Waals surface area contributed by atoms with Crippen LogP contribution in [0.25, 0.3) is 0 Å². The molecule has 7 heteroatoms. The molecule has 1 saturated heterocycles. The number of aliphatic hydroxyl groups is 1. The van der Waals surface area contributed by atoms with Crippen molar-refractivity contribution in [3.8, 4) is 0 Å². The molecule has 0 spiro atoms. The highest BCUT2D eigenvalue weighted by molar-refractivity contribution is 5.97. The predicted molar refractivity (Wildman–Crippen MR) is 127 cm³/mol. The Labute approximate surface area is 196 Å². The molecule has 1 heterocycles. The van der Waals surface area contributed by atoms with Gasteiger partial charge in [-0.15, -0.1) is 0 Å². The molecule has 1 aliphatic heterocycles. The number of benzene rings is 1. The Balaban J connectivity index is 2.12. The number of nitrogens with one attached hydrogen (secondary N) is 2. The van der Waals surface area contributed by atoms with Crippen molar-refractivity contribution in [3.05, 3.63) is 48.0 Å². The van der Waals surface area contributed by atoms with Crippen molar-refractivity contribution >= 4 is 17.7 Å². The molecule has 0 aromatic heterocycles. The summed E-state index contributed by atoms with van der Waals surface area (Å²) in [4.78, 5) is 42.1. The number of nitrogens with zero attached hydrogens (tertiary/aromatic N) is 1. The van der Waals surface area contributed by atoms with E-state index in [0.29, 0.717) is 0 Å². The number of carbonyl (C=O) groups is 3. The van der Waals surface area contributed by atoms with E-state index in [2.05, 4.69) is 17.6 Å². The molecule has 180 valence electrons. The third-order valence-corrected chi connectivity index (χ3v) is 6.68. The molecule has 1 aromatic carbocycles. The number of hydrogen-bond acceptors (Lipinski definition) is 4. The van der Waals surface area contributed by atoms with Gasteiger partial charge in [0.2, 0.25) is 17.7 Å². The number of allylic oxidation sites excluding steroid dienone is 1. The van der Waals surface area contributed by atoms with E-state index < -0.39 is 35.4 Å². The first-order chi connectivity index (χ1) is 15.6. The van der Waals surface area contributed by atoms with Crippen LogP contribution < -0.4 is 10.6 Å². The second kappa shape index (κ2) is 10.1. The molecule has 0 bridgehead atoms. The summed E-state index contributed by atoms with van der Waals surface area (Å²) in [6, 6.07) is 7.77. The minimum Gasteiger partial charge on any atom is -0.394 e. The number of aliphatic hydroxyl groups excluding tert-OH is 1. The SMILES string of the molecule is CCC[C@@H]1C=C[C@H]2[C@@H](C(=O)N([C@H](CO)c3ccccc3)[C@@H]2C(=O)NC(C)(C)C)[C@@H]1C(=O)NC. The zero-order valence-corrected chi connectivity index (χ0v) is 20.2. The average molecular weight is 456 g/mol. The highest BCUT2D eigenvalue weighted by Crippen LogP contribution is 2.47. The van der Waals surface area contributed by atoms with Crippen molar-refractivity contribution in [2.45, 2.75) is 58.2 Å². The fourth-order valence-corrected chi connectivity index (χ4v) is 5.39. The lowest BCUT2D eigenvalue weighted by atomic mass is 9.68. The maximum atomic E-state index is 14.0. The van der Waals surface area contributed by atoms with Crippen LogP contribution in [0.2, 0.25) is 0 Å². The van der Waals surface area contributed by atoms with Crippen molar-refractivity contribution in [2.24, 2.45) is 23.7 Å². The van der Waals surface area contributed by atoms with Gasteiger partial charge in [-0.25, -0.2) is 0 Å². The Morgan fingerprint density at radius 2 is 1.79 bits per heavy atom. The number of rotatable bonds is 7. The first-order valence-electron chi connectivity index (χ1n) is 11.8. The van der Waals surface area contributed by atoms with Crippen LogP contribution in [0.1, 0.15) is 52.1 Å². The smallest absolute Gasteiger partial charge is 0.243 e. The Bertz CT molecular complexity index is 893. The molecule has 1 aliphatic carbocycles.